The van der Waals surface area contributed by atoms with Gasteiger partial charge >= 0.3 is 32.5 Å². The highest BCUT2D eigenvalue weighted by Gasteiger charge is 2.61. The van der Waals surface area contributed by atoms with Crippen molar-refractivity contribution >= 4 is 77.9 Å². The van der Waals surface area contributed by atoms with E-state index in [1.165, 1.54) is 69.0 Å². The van der Waals surface area contributed by atoms with Gasteiger partial charge in [0.05, 0.1) is 36.7 Å². The zero-order valence-electron chi connectivity index (χ0n) is 56.3. The van der Waals surface area contributed by atoms with Gasteiger partial charge in [-0.15, -0.1) is 0 Å². The van der Waals surface area contributed by atoms with Crippen LogP contribution in [0.15, 0.2) is 72.8 Å². The average Bonchev–Trinajstić information content (AvgIpc) is 1.54. The highest BCUT2D eigenvalue weighted by molar-refractivity contribution is 7.88. The van der Waals surface area contributed by atoms with E-state index in [0.717, 1.165) is 140 Å². The predicted octanol–water partition coefficient (Wildman–Crippen LogP) is 6.82. The van der Waals surface area contributed by atoms with Gasteiger partial charge in [0.1, 0.15) is 24.6 Å². The summed E-state index contributed by atoms with van der Waals surface area (Å²) in [6, 6.07) is 22.3. The zero-order valence-corrected chi connectivity index (χ0v) is 57.9. The molecule has 13 rings (SSSR count). The number of piperazine rings is 1. The highest BCUT2D eigenvalue weighted by atomic mass is 32.2. The Hall–Kier alpha value is -8.24. The number of carbonyl (C=O) groups is 6. The summed E-state index contributed by atoms with van der Waals surface area (Å²) in [5.74, 6) is -0.0463. The Bertz CT molecular complexity index is 4340. The van der Waals surface area contributed by atoms with Gasteiger partial charge < -0.3 is 54.6 Å². The lowest BCUT2D eigenvalue weighted by Crippen LogP contribution is -2.53. The van der Waals surface area contributed by atoms with Crippen LogP contribution in [-0.2, 0) is 43.1 Å². The number of fused-ring (bicyclic) bond motifs is 14. The Morgan fingerprint density at radius 3 is 1.34 bits per heavy atom. The van der Waals surface area contributed by atoms with Gasteiger partial charge in [0.2, 0.25) is 11.8 Å². The molecule has 1 saturated heterocycles. The minimum absolute atomic E-state index is 0.000783. The zero-order chi connectivity index (χ0) is 68.5. The molecule has 0 radical (unpaired) electrons. The van der Waals surface area contributed by atoms with Crippen LogP contribution >= 0.6 is 0 Å². The number of benzene rings is 4. The fourth-order valence-corrected chi connectivity index (χ4v) is 16.5. The first-order valence-corrected chi connectivity index (χ1v) is 36.0. The first-order valence-electron chi connectivity index (χ1n) is 33.2. The summed E-state index contributed by atoms with van der Waals surface area (Å²) in [5.41, 5.74) is 15.0. The number of primary amides is 1. The largest absolute Gasteiger partial charge is 0.497 e. The van der Waals surface area contributed by atoms with E-state index in [0.29, 0.717) is 50.9 Å². The minimum atomic E-state index is -4.00. The van der Waals surface area contributed by atoms with Crippen LogP contribution in [0.1, 0.15) is 144 Å². The third kappa shape index (κ3) is 13.0. The molecule has 0 bridgehead atoms. The van der Waals surface area contributed by atoms with Crippen molar-refractivity contribution in [3.63, 3.8) is 0 Å². The van der Waals surface area contributed by atoms with Crippen LogP contribution in [0.5, 0.6) is 11.5 Å². The molecule has 0 spiro atoms. The summed E-state index contributed by atoms with van der Waals surface area (Å²) in [6.07, 6.45) is 12.5. The number of aromatic nitrogens is 2. The molecule has 4 unspecified atom stereocenters. The third-order valence-corrected chi connectivity index (χ3v) is 23.8. The summed E-state index contributed by atoms with van der Waals surface area (Å²) >= 11 is 0. The normalized spacial score (nSPS) is 21.5. The molecule has 5 fully saturated rings. The fraction of sp³-hybridized carbons (Fsp3) is 0.507. The molecule has 4 atom stereocenters. The van der Waals surface area contributed by atoms with E-state index in [2.05, 4.69) is 52.3 Å². The number of methoxy groups -OCH3 is 2. The molecule has 8 amide bonds. The highest BCUT2D eigenvalue weighted by Crippen LogP contribution is 2.62. The lowest BCUT2D eigenvalue weighted by Gasteiger charge is -2.33. The number of nitrogens with zero attached hydrogens (tertiary/aromatic N) is 8. The molecule has 5 heterocycles. The topological polar surface area (TPSA) is 293 Å². The average molecular weight is 1360 g/mol. The van der Waals surface area contributed by atoms with Crippen molar-refractivity contribution in [2.45, 2.75) is 125 Å². The van der Waals surface area contributed by atoms with E-state index in [4.69, 9.17) is 15.2 Å². The van der Waals surface area contributed by atoms with E-state index in [9.17, 15) is 45.6 Å². The number of hydrogen-bond donors (Lipinski definition) is 5. The van der Waals surface area contributed by atoms with Crippen LogP contribution in [0.4, 0.5) is 9.59 Å². The van der Waals surface area contributed by atoms with Crippen molar-refractivity contribution in [1.82, 2.24) is 57.4 Å². The summed E-state index contributed by atoms with van der Waals surface area (Å²) in [5, 5.41) is 8.62. The quantitative estimate of drug-likeness (QED) is 0.0665. The predicted molar refractivity (Wildman–Crippen MR) is 365 cm³/mol. The van der Waals surface area contributed by atoms with Crippen LogP contribution in [0, 0.1) is 0 Å². The Kier molecular flexibility index (Phi) is 18.6. The molecule has 514 valence electrons. The minimum Gasteiger partial charge on any atom is -0.497 e. The number of nitrogens with two attached hydrogens (primary N) is 1. The Morgan fingerprint density at radius 2 is 0.958 bits per heavy atom. The number of ether oxygens (including phenoxy) is 2. The monoisotopic (exact) mass is 1360 g/mol. The lowest BCUT2D eigenvalue weighted by atomic mass is 9.81. The molecular weight excluding hydrogens is 1270 g/mol. The number of rotatable bonds is 16. The first kappa shape index (κ1) is 67.7. The second kappa shape index (κ2) is 26.3. The summed E-state index contributed by atoms with van der Waals surface area (Å²) in [6.45, 7) is 3.53. The summed E-state index contributed by atoms with van der Waals surface area (Å²) < 4.78 is 72.1. The smallest absolute Gasteiger partial charge is 0.318 e. The number of carbonyl (C=O) groups excluding carboxylic acids is 6. The van der Waals surface area contributed by atoms with Gasteiger partial charge in [-0.1, -0.05) is 50.7 Å². The first-order chi connectivity index (χ1) is 45.7. The Labute approximate surface area is 561 Å². The van der Waals surface area contributed by atoms with Gasteiger partial charge in [-0.05, 0) is 140 Å². The van der Waals surface area contributed by atoms with Gasteiger partial charge in [-0.25, -0.2) is 19.0 Å². The lowest BCUT2D eigenvalue weighted by molar-refractivity contribution is -0.133. The van der Waals surface area contributed by atoms with Gasteiger partial charge in [-0.2, -0.15) is 25.4 Å². The van der Waals surface area contributed by atoms with E-state index in [-0.39, 0.29) is 48.0 Å². The molecular formula is C69H89N13O12S2. The van der Waals surface area contributed by atoms with Crippen LogP contribution < -0.4 is 35.3 Å². The molecule has 4 aliphatic carbocycles. The van der Waals surface area contributed by atoms with Crippen LogP contribution in [-0.4, -0.2) is 204 Å². The second-order valence-corrected chi connectivity index (χ2v) is 31.5. The molecule has 4 aromatic carbocycles. The maximum atomic E-state index is 13.9. The summed E-state index contributed by atoms with van der Waals surface area (Å²) in [7, 11) is 5.98. The van der Waals surface area contributed by atoms with Crippen molar-refractivity contribution < 1.29 is 55.1 Å². The van der Waals surface area contributed by atoms with Gasteiger partial charge in [-0.3, -0.25) is 19.2 Å². The fourth-order valence-electron chi connectivity index (χ4n) is 15.5. The molecule has 6 aromatic rings. The third-order valence-electron chi connectivity index (χ3n) is 21.0. The standard InChI is InChI=1S/C37H49N7O6S.C32H40N6O6S/c1-40(2)51(48,49)39-35(46)25-11-13-28-31(19-25)44-23-37(38-36(47)42(4)22-32(45)43-17-15-41(3)16-18-43)21-30(37)29-20-26(50-5)12-14-27(29)34(44)33(28)24-9-7-6-8-10-24;1-36(2)45(42,43)35-30(40)20-10-12-23-26(14-20)38-18-32(34-31(41)37(3)17-27(33)39)16-25(32)24-15-21(44-4)11-13-22(24)29(38)28(23)19-8-6-5-7-9-19/h11-14,19-20,24,30H,6-10,15-18,21-23H2,1-5H3,(H,38,47)(H,39,46);10-15,19,25H,5-9,16-18H2,1-4H3,(H2,33,39)(H,34,41)(H,35,40). The molecule has 25 nitrogen and oxygen atoms in total. The number of amides is 8. The molecule has 7 aliphatic rings. The van der Waals surface area contributed by atoms with Crippen molar-refractivity contribution in [2.75, 3.05) is 103 Å². The van der Waals surface area contributed by atoms with E-state index in [1.807, 2.05) is 42.3 Å². The van der Waals surface area contributed by atoms with E-state index < -0.39 is 55.2 Å². The van der Waals surface area contributed by atoms with Crippen LogP contribution in [0.2, 0.25) is 0 Å². The van der Waals surface area contributed by atoms with Crippen LogP contribution in [0.3, 0.4) is 0 Å². The van der Waals surface area contributed by atoms with Crippen LogP contribution in [0.25, 0.3) is 44.3 Å². The molecule has 6 N–H and O–H groups in total. The Balaban J connectivity index is 0.000000185. The van der Waals surface area contributed by atoms with Crippen molar-refractivity contribution in [2.24, 2.45) is 5.73 Å². The number of likely N-dealkylation sites (N-methyl/N-ethyl adjacent to an activating group) is 3. The van der Waals surface area contributed by atoms with Gasteiger partial charge in [0, 0.05) is 137 Å². The number of urea groups is 2. The number of hydrogen-bond acceptors (Lipinski definition) is 13. The van der Waals surface area contributed by atoms with Crippen molar-refractivity contribution in [3.8, 4) is 34.0 Å². The van der Waals surface area contributed by atoms with Crippen molar-refractivity contribution in [3.05, 3.63) is 106 Å². The van der Waals surface area contributed by atoms with E-state index >= 15 is 0 Å². The summed E-state index contributed by atoms with van der Waals surface area (Å²) in [4.78, 5) is 85.3. The number of nitrogens with one attached hydrogen (secondary N) is 4. The Morgan fingerprint density at radius 1 is 0.552 bits per heavy atom. The molecule has 96 heavy (non-hydrogen) atoms. The molecule has 4 saturated carbocycles. The van der Waals surface area contributed by atoms with Crippen molar-refractivity contribution in [1.29, 1.82) is 0 Å². The maximum Gasteiger partial charge on any atom is 0.318 e. The SMILES string of the molecule is COc1ccc2c(c1)C1CC1(NC(=O)N(C)CC(=O)N1CCN(C)CC1)Cn1c-2c(C2CCCCC2)c2ccc(C(=O)NS(=O)(=O)N(C)C)cc21.COc1ccc2c(c1)C1CC1(NC(=O)N(C)CC(N)=O)Cn1c-2c(C2CCCCC2)c2ccc(C(=O)NS(=O)(=O)N(C)C)cc21. The molecule has 3 aliphatic heterocycles. The van der Waals surface area contributed by atoms with E-state index in [1.54, 1.807) is 45.5 Å². The maximum absolute atomic E-state index is 13.9. The van der Waals surface area contributed by atoms with Gasteiger partial charge in [0.25, 0.3) is 11.8 Å². The molecule has 2 aromatic heterocycles. The second-order valence-electron chi connectivity index (χ2n) is 27.7. The molecule has 27 heteroatoms. The van der Waals surface area contributed by atoms with Gasteiger partial charge in [0.15, 0.2) is 0 Å².